The minimum absolute atomic E-state index is 0. The summed E-state index contributed by atoms with van der Waals surface area (Å²) in [4.78, 5) is 60.1. The molecule has 1 radical (unpaired) electrons. The van der Waals surface area contributed by atoms with E-state index in [1.165, 1.54) is 6.07 Å². The Morgan fingerprint density at radius 3 is 2.30 bits per heavy atom. The Bertz CT molecular complexity index is 2940. The molecule has 8 bridgehead atoms. The molecule has 1 aliphatic carbocycles. The predicted molar refractivity (Wildman–Crippen MR) is 202 cm³/mol. The SMILES string of the molecule is O=C(NCCCCc1c[nH]cn1)c1cccc2c1-c1nc-2nc2[n-]c(nc3nc(nc4[n-]c(n1)c1ccc(O)cc41)-c1cc(O)ccc1-3)c1c2CC=C(O)C1.[Cu+2]. The summed E-state index contributed by atoms with van der Waals surface area (Å²) in [5.41, 5.74) is 6.23. The number of nitrogens with zero attached hydrogens (tertiary/aromatic N) is 9. The van der Waals surface area contributed by atoms with E-state index in [9.17, 15) is 20.1 Å². The first-order chi connectivity index (χ1) is 26.9. The molecule has 2 aliphatic heterocycles. The average molecular weight is 791 g/mol. The molecule has 0 atom stereocenters. The Kier molecular flexibility index (Phi) is 8.55. The maximum absolute atomic E-state index is 13.9. The van der Waals surface area contributed by atoms with Crippen molar-refractivity contribution >= 4 is 39.3 Å². The number of phenols is 2. The van der Waals surface area contributed by atoms with E-state index >= 15 is 0 Å². The van der Waals surface area contributed by atoms with Crippen molar-refractivity contribution in [2.75, 3.05) is 6.54 Å². The fourth-order valence-electron chi connectivity index (χ4n) is 7.28. The zero-order valence-electron chi connectivity index (χ0n) is 29.2. The third kappa shape index (κ3) is 6.01. The van der Waals surface area contributed by atoms with Gasteiger partial charge in [0.1, 0.15) is 11.5 Å². The van der Waals surface area contributed by atoms with Crippen LogP contribution in [0.1, 0.15) is 40.0 Å². The van der Waals surface area contributed by atoms with Crippen molar-refractivity contribution < 1.29 is 37.2 Å². The van der Waals surface area contributed by atoms with Gasteiger partial charge in [-0.1, -0.05) is 12.1 Å². The van der Waals surface area contributed by atoms with Gasteiger partial charge in [-0.2, -0.15) is 0 Å². The summed E-state index contributed by atoms with van der Waals surface area (Å²) in [6, 6.07) is 15.0. The number of allylic oxidation sites excluding steroid dienone is 2. The molecule has 3 aliphatic rings. The second-order valence-corrected chi connectivity index (χ2v) is 13.5. The number of nitrogens with one attached hydrogen (secondary N) is 2. The van der Waals surface area contributed by atoms with Gasteiger partial charge in [-0.15, -0.1) is 0 Å². The Labute approximate surface area is 327 Å². The topological polar surface area (TPSA) is 224 Å². The van der Waals surface area contributed by atoms with Gasteiger partial charge in [-0.3, -0.25) is 4.79 Å². The summed E-state index contributed by atoms with van der Waals surface area (Å²) in [6.07, 6.45) is 8.22. The van der Waals surface area contributed by atoms with Gasteiger partial charge in [0.05, 0.1) is 41.1 Å². The van der Waals surface area contributed by atoms with Crippen LogP contribution in [0.15, 0.2) is 79.0 Å². The smallest absolute Gasteiger partial charge is 0.512 e. The number of carbonyl (C=O) groups is 1. The molecule has 5 N–H and O–H groups in total. The zero-order chi connectivity index (χ0) is 37.2. The van der Waals surface area contributed by atoms with Crippen molar-refractivity contribution in [1.29, 1.82) is 0 Å². The second kappa shape index (κ2) is 13.7. The van der Waals surface area contributed by atoms with Crippen LogP contribution < -0.4 is 15.3 Å². The number of unbranched alkanes of at least 4 members (excludes halogenated alkanes) is 1. The number of imidazole rings is 1. The van der Waals surface area contributed by atoms with Gasteiger partial charge in [0.15, 0.2) is 0 Å². The number of aromatic nitrogens is 10. The molecule has 4 aromatic heterocycles. The molecule has 3 aromatic carbocycles. The van der Waals surface area contributed by atoms with Crippen molar-refractivity contribution in [2.24, 2.45) is 0 Å². The Balaban J connectivity index is 0.00000410. The van der Waals surface area contributed by atoms with Crippen LogP contribution in [-0.4, -0.2) is 67.6 Å². The zero-order valence-corrected chi connectivity index (χ0v) is 30.2. The van der Waals surface area contributed by atoms with E-state index in [0.717, 1.165) is 30.5 Å². The van der Waals surface area contributed by atoms with Crippen molar-refractivity contribution in [3.05, 3.63) is 101 Å². The second-order valence-electron chi connectivity index (χ2n) is 13.5. The van der Waals surface area contributed by atoms with Crippen LogP contribution in [-0.2, 0) is 36.3 Å². The van der Waals surface area contributed by atoms with E-state index in [2.05, 4.69) is 15.3 Å². The molecule has 0 saturated heterocycles. The van der Waals surface area contributed by atoms with E-state index < -0.39 is 0 Å². The molecule has 56 heavy (non-hydrogen) atoms. The molecule has 1 amide bonds. The van der Waals surface area contributed by atoms with Crippen LogP contribution in [0.2, 0.25) is 0 Å². The molecule has 0 saturated carbocycles. The third-order valence-electron chi connectivity index (χ3n) is 9.94. The van der Waals surface area contributed by atoms with Gasteiger partial charge in [0.2, 0.25) is 0 Å². The van der Waals surface area contributed by atoms with Gasteiger partial charge in [-0.25, -0.2) is 15.0 Å². The number of amides is 1. The fraction of sp³-hybridized carbons (Fsp3) is 0.150. The monoisotopic (exact) mass is 790 g/mol. The quantitative estimate of drug-likeness (QED) is 0.105. The molecule has 0 unspecified atom stereocenters. The number of hydrogen-bond donors (Lipinski definition) is 5. The van der Waals surface area contributed by atoms with Crippen LogP contribution in [0.3, 0.4) is 0 Å². The van der Waals surface area contributed by atoms with Crippen LogP contribution >= 0.6 is 0 Å². The van der Waals surface area contributed by atoms with Gasteiger partial charge < -0.3 is 55.5 Å². The van der Waals surface area contributed by atoms with E-state index in [1.54, 1.807) is 54.9 Å². The van der Waals surface area contributed by atoms with E-state index in [4.69, 9.17) is 39.9 Å². The molecule has 15 nitrogen and oxygen atoms in total. The summed E-state index contributed by atoms with van der Waals surface area (Å²) in [7, 11) is 0. The molecule has 279 valence electrons. The molecule has 16 heteroatoms. The van der Waals surface area contributed by atoms with E-state index in [0.29, 0.717) is 80.1 Å². The molecule has 6 heterocycles. The molecular weight excluding hydrogens is 762 g/mol. The van der Waals surface area contributed by atoms with Gasteiger partial charge in [-0.05, 0) is 96.1 Å². The van der Waals surface area contributed by atoms with Gasteiger partial charge >= 0.3 is 17.1 Å². The molecule has 10 rings (SSSR count). The van der Waals surface area contributed by atoms with Crippen molar-refractivity contribution in [3.8, 4) is 57.1 Å². The van der Waals surface area contributed by atoms with Crippen molar-refractivity contribution in [2.45, 2.75) is 32.1 Å². The number of aromatic amines is 1. The van der Waals surface area contributed by atoms with Crippen molar-refractivity contribution in [1.82, 2.24) is 55.2 Å². The summed E-state index contributed by atoms with van der Waals surface area (Å²) >= 11 is 0. The standard InChI is InChI=1S/C40H30N11O4.Cu/c52-20-7-10-23-28(14-20)36-45-32(23)44-35-26-5-3-6-27(40(55)42-13-2-1-4-19-17-41-18-43-19)31(26)39(51-35)50-34-25-12-9-22(54)16-30(25)38(48-34)49-37-29-15-21(53)8-11-24(29)33(46-36)47-37;/h3,5-9,11-12,15-18H,1-2,4,10,13-14H2,(H6-,41,42,43,44,45,46,47,48,49,50,51,52,53,54,55);/q-1;+2/p-1. The number of aryl methyl sites for hydroxylation is 1. The average Bonchev–Trinajstić information content (AvgIpc) is 4.01. The summed E-state index contributed by atoms with van der Waals surface area (Å²) in [6.45, 7) is 0.459. The number of hydrogen-bond acceptors (Lipinski definition) is 11. The van der Waals surface area contributed by atoms with Crippen LogP contribution in [0.4, 0.5) is 0 Å². The number of phenolic OH excluding ortho intramolecular Hbond substituents is 2. The number of H-pyrrole nitrogens is 1. The van der Waals surface area contributed by atoms with Crippen LogP contribution in [0.5, 0.6) is 11.5 Å². The third-order valence-corrected chi connectivity index (χ3v) is 9.94. The van der Waals surface area contributed by atoms with Gasteiger partial charge in [0.25, 0.3) is 5.91 Å². The van der Waals surface area contributed by atoms with Crippen LogP contribution in [0, 0.1) is 0 Å². The van der Waals surface area contributed by atoms with Gasteiger partial charge in [0, 0.05) is 69.6 Å². The summed E-state index contributed by atoms with van der Waals surface area (Å²) in [5.74, 6) is 0.987. The Morgan fingerprint density at radius 2 is 1.45 bits per heavy atom. The van der Waals surface area contributed by atoms with E-state index in [-0.39, 0.29) is 69.6 Å². The first-order valence-corrected chi connectivity index (χ1v) is 17.7. The Hall–Kier alpha value is -6.90. The van der Waals surface area contributed by atoms with Crippen molar-refractivity contribution in [3.63, 3.8) is 0 Å². The summed E-state index contributed by atoms with van der Waals surface area (Å²) in [5, 5.41) is 35.7. The minimum atomic E-state index is -0.286. The predicted octanol–water partition coefficient (Wildman–Crippen LogP) is 5.40. The number of fused-ring (bicyclic) bond motifs is 20. The molecule has 0 fully saturated rings. The molecule has 0 spiro atoms. The summed E-state index contributed by atoms with van der Waals surface area (Å²) < 4.78 is 0. The number of aliphatic hydroxyl groups excluding tert-OH is 1. The first-order valence-electron chi connectivity index (χ1n) is 17.7. The largest absolute Gasteiger partial charge is 2.00 e. The number of aliphatic hydroxyl groups is 1. The fourth-order valence-corrected chi connectivity index (χ4v) is 7.28. The van der Waals surface area contributed by atoms with E-state index in [1.807, 2.05) is 12.3 Å². The maximum atomic E-state index is 13.9. The van der Waals surface area contributed by atoms with Crippen LogP contribution in [0.25, 0.3) is 78.9 Å². The minimum Gasteiger partial charge on any atom is -0.512 e. The molecule has 7 aromatic rings. The Morgan fingerprint density at radius 1 is 0.732 bits per heavy atom. The number of rotatable bonds is 6. The first kappa shape index (κ1) is 34.8. The number of benzene rings is 3. The maximum Gasteiger partial charge on any atom is 2.00 e. The molecular formula is C40H29CuN11O4. The number of aromatic hydroxyl groups is 2. The normalized spacial score (nSPS) is 12.7. The number of carbonyl (C=O) groups excluding carboxylic acids is 1.